The van der Waals surface area contributed by atoms with E-state index in [4.69, 9.17) is 4.74 Å². The van der Waals surface area contributed by atoms with E-state index < -0.39 is 6.10 Å². The Morgan fingerprint density at radius 2 is 2.00 bits per heavy atom. The summed E-state index contributed by atoms with van der Waals surface area (Å²) in [7, 11) is 0. The zero-order valence-electron chi connectivity index (χ0n) is 15.4. The molecule has 0 saturated carbocycles. The number of carbonyl (C=O) groups is 1. The molecular weight excluding hydrogens is 380 g/mol. The third-order valence-electron chi connectivity index (χ3n) is 3.93. The number of hydrogen-bond donors (Lipinski definition) is 0. The molecule has 4 nitrogen and oxygen atoms in total. The van der Waals surface area contributed by atoms with E-state index in [1.165, 1.54) is 5.56 Å². The van der Waals surface area contributed by atoms with Crippen LogP contribution in [-0.2, 0) is 10.2 Å². The number of hydrogen-bond acceptors (Lipinski definition) is 3. The lowest BCUT2D eigenvalue weighted by atomic mass is 9.87. The van der Waals surface area contributed by atoms with Crippen LogP contribution in [0, 0.1) is 0 Å². The maximum Gasteiger partial charge on any atom is 0.268 e. The minimum absolute atomic E-state index is 0.0312. The Morgan fingerprint density at radius 1 is 1.28 bits per heavy atom. The Balaban J connectivity index is 2.15. The first-order chi connectivity index (χ1) is 11.7. The van der Waals surface area contributed by atoms with Crippen molar-refractivity contribution in [3.63, 3.8) is 0 Å². The van der Waals surface area contributed by atoms with Crippen LogP contribution in [-0.4, -0.2) is 23.5 Å². The molecule has 0 spiro atoms. The second-order valence-corrected chi connectivity index (χ2v) is 7.87. The van der Waals surface area contributed by atoms with E-state index >= 15 is 0 Å². The van der Waals surface area contributed by atoms with Crippen LogP contribution in [0.4, 0.5) is 5.82 Å². The predicted molar refractivity (Wildman–Crippen MR) is 105 cm³/mol. The van der Waals surface area contributed by atoms with Gasteiger partial charge in [-0.1, -0.05) is 32.9 Å². The van der Waals surface area contributed by atoms with Crippen molar-refractivity contribution in [2.24, 2.45) is 0 Å². The fourth-order valence-electron chi connectivity index (χ4n) is 2.47. The van der Waals surface area contributed by atoms with Gasteiger partial charge in [0.15, 0.2) is 6.10 Å². The van der Waals surface area contributed by atoms with Crippen LogP contribution in [0.1, 0.15) is 40.2 Å². The molecule has 0 bridgehead atoms. The van der Waals surface area contributed by atoms with Gasteiger partial charge in [-0.15, -0.1) is 0 Å². The standard InChI is InChI=1S/C20H25BrN2O2/c1-6-23(18-11-10-16(21)13-22-18)19(24)14(2)25-17-9-7-8-15(12-17)20(3,4)5/h7-14H,6H2,1-5H3. The fraction of sp³-hybridized carbons (Fsp3) is 0.400. The van der Waals surface area contributed by atoms with Gasteiger partial charge in [0.05, 0.1) is 0 Å². The number of nitrogens with zero attached hydrogens (tertiary/aromatic N) is 2. The number of anilines is 1. The van der Waals surface area contributed by atoms with Crippen LogP contribution >= 0.6 is 15.9 Å². The highest BCUT2D eigenvalue weighted by molar-refractivity contribution is 9.10. The Kier molecular flexibility index (Phi) is 6.22. The third kappa shape index (κ3) is 5.05. The first-order valence-corrected chi connectivity index (χ1v) is 9.22. The van der Waals surface area contributed by atoms with Crippen molar-refractivity contribution in [1.82, 2.24) is 4.98 Å². The molecule has 0 aliphatic heterocycles. The minimum Gasteiger partial charge on any atom is -0.481 e. The first kappa shape index (κ1) is 19.4. The summed E-state index contributed by atoms with van der Waals surface area (Å²) < 4.78 is 6.79. The van der Waals surface area contributed by atoms with E-state index in [0.717, 1.165) is 4.47 Å². The fourth-order valence-corrected chi connectivity index (χ4v) is 2.70. The van der Waals surface area contributed by atoms with Crippen molar-refractivity contribution in [3.8, 4) is 5.75 Å². The van der Waals surface area contributed by atoms with Crippen LogP contribution in [0.2, 0.25) is 0 Å². The van der Waals surface area contributed by atoms with Gasteiger partial charge < -0.3 is 4.74 Å². The zero-order valence-corrected chi connectivity index (χ0v) is 17.0. The number of pyridine rings is 1. The average molecular weight is 405 g/mol. The summed E-state index contributed by atoms with van der Waals surface area (Å²) in [6, 6.07) is 11.6. The van der Waals surface area contributed by atoms with Gasteiger partial charge in [-0.25, -0.2) is 4.98 Å². The van der Waals surface area contributed by atoms with Crippen molar-refractivity contribution in [1.29, 1.82) is 0 Å². The number of halogens is 1. The number of carbonyl (C=O) groups excluding carboxylic acids is 1. The molecule has 1 aromatic heterocycles. The molecule has 25 heavy (non-hydrogen) atoms. The number of amides is 1. The molecule has 1 heterocycles. The molecule has 2 aromatic rings. The lowest BCUT2D eigenvalue weighted by Crippen LogP contribution is -2.41. The Labute approximate surface area is 158 Å². The number of likely N-dealkylation sites (N-methyl/N-ethyl adjacent to an activating group) is 1. The summed E-state index contributed by atoms with van der Waals surface area (Å²) >= 11 is 3.36. The summed E-state index contributed by atoms with van der Waals surface area (Å²) in [6.45, 7) is 10.7. The number of benzene rings is 1. The average Bonchev–Trinajstić information content (AvgIpc) is 2.56. The van der Waals surface area contributed by atoms with Gasteiger partial charge in [0.25, 0.3) is 5.91 Å². The lowest BCUT2D eigenvalue weighted by Gasteiger charge is -2.25. The summed E-state index contributed by atoms with van der Waals surface area (Å²) in [5.74, 6) is 1.21. The highest BCUT2D eigenvalue weighted by Crippen LogP contribution is 2.26. The summed E-state index contributed by atoms with van der Waals surface area (Å²) in [6.07, 6.45) is 1.09. The van der Waals surface area contributed by atoms with Gasteiger partial charge in [0.1, 0.15) is 11.6 Å². The topological polar surface area (TPSA) is 42.4 Å². The summed E-state index contributed by atoms with van der Waals surface area (Å²) in [5.41, 5.74) is 1.20. The Bertz CT molecular complexity index is 723. The molecule has 1 aromatic carbocycles. The third-order valence-corrected chi connectivity index (χ3v) is 4.40. The zero-order chi connectivity index (χ0) is 18.6. The van der Waals surface area contributed by atoms with Gasteiger partial charge in [0.2, 0.25) is 0 Å². The number of rotatable bonds is 5. The molecule has 0 radical (unpaired) electrons. The molecule has 2 rings (SSSR count). The predicted octanol–water partition coefficient (Wildman–Crippen LogP) is 4.96. The first-order valence-electron chi connectivity index (χ1n) is 8.42. The smallest absolute Gasteiger partial charge is 0.268 e. The van der Waals surface area contributed by atoms with Crippen LogP contribution in [0.5, 0.6) is 5.75 Å². The van der Waals surface area contributed by atoms with E-state index in [-0.39, 0.29) is 11.3 Å². The van der Waals surface area contributed by atoms with Crippen molar-refractivity contribution in [2.45, 2.75) is 46.1 Å². The normalized spacial score (nSPS) is 12.6. The van der Waals surface area contributed by atoms with Gasteiger partial charge in [-0.3, -0.25) is 9.69 Å². The Morgan fingerprint density at radius 3 is 2.56 bits per heavy atom. The van der Waals surface area contributed by atoms with E-state index in [2.05, 4.69) is 47.8 Å². The highest BCUT2D eigenvalue weighted by atomic mass is 79.9. The van der Waals surface area contributed by atoms with Crippen LogP contribution in [0.15, 0.2) is 47.1 Å². The SMILES string of the molecule is CCN(C(=O)C(C)Oc1cccc(C(C)(C)C)c1)c1ccc(Br)cn1. The van der Waals surface area contributed by atoms with E-state index in [9.17, 15) is 4.79 Å². The van der Waals surface area contributed by atoms with Gasteiger partial charge in [-0.05, 0) is 65.0 Å². The molecule has 1 amide bonds. The monoisotopic (exact) mass is 404 g/mol. The van der Waals surface area contributed by atoms with Gasteiger partial charge in [-0.2, -0.15) is 0 Å². The van der Waals surface area contributed by atoms with Crippen molar-refractivity contribution in [2.75, 3.05) is 11.4 Å². The van der Waals surface area contributed by atoms with Gasteiger partial charge in [0, 0.05) is 17.2 Å². The molecule has 134 valence electrons. The molecule has 0 aliphatic rings. The summed E-state index contributed by atoms with van der Waals surface area (Å²) in [5, 5.41) is 0. The van der Waals surface area contributed by atoms with Crippen LogP contribution in [0.3, 0.4) is 0 Å². The van der Waals surface area contributed by atoms with E-state index in [1.54, 1.807) is 18.0 Å². The maximum absolute atomic E-state index is 12.8. The molecule has 1 atom stereocenters. The van der Waals surface area contributed by atoms with Crippen molar-refractivity contribution < 1.29 is 9.53 Å². The molecule has 5 heteroatoms. The number of aromatic nitrogens is 1. The second-order valence-electron chi connectivity index (χ2n) is 6.96. The van der Waals surface area contributed by atoms with E-state index in [1.807, 2.05) is 37.3 Å². The molecule has 0 fully saturated rings. The molecular formula is C20H25BrN2O2. The molecule has 0 saturated heterocycles. The summed E-state index contributed by atoms with van der Waals surface area (Å²) in [4.78, 5) is 18.7. The van der Waals surface area contributed by atoms with Crippen molar-refractivity contribution in [3.05, 3.63) is 52.6 Å². The maximum atomic E-state index is 12.8. The van der Waals surface area contributed by atoms with Crippen molar-refractivity contribution >= 4 is 27.7 Å². The van der Waals surface area contributed by atoms with Gasteiger partial charge >= 0.3 is 0 Å². The van der Waals surface area contributed by atoms with Crippen LogP contribution in [0.25, 0.3) is 0 Å². The molecule has 0 aliphatic carbocycles. The quantitative estimate of drug-likeness (QED) is 0.706. The largest absolute Gasteiger partial charge is 0.481 e. The minimum atomic E-state index is -0.597. The number of ether oxygens (including phenoxy) is 1. The van der Waals surface area contributed by atoms with Crippen LogP contribution < -0.4 is 9.64 Å². The second kappa shape index (κ2) is 8.00. The highest BCUT2D eigenvalue weighted by Gasteiger charge is 2.23. The van der Waals surface area contributed by atoms with E-state index in [0.29, 0.717) is 18.1 Å². The molecule has 0 N–H and O–H groups in total. The Hall–Kier alpha value is -1.88. The molecule has 1 unspecified atom stereocenters. The lowest BCUT2D eigenvalue weighted by molar-refractivity contribution is -0.124.